The highest BCUT2D eigenvalue weighted by atomic mass is 35.5. The second-order valence-corrected chi connectivity index (χ2v) is 10.4. The number of likely N-dealkylation sites (tertiary alicyclic amines) is 1. The number of hydrogen-bond donors (Lipinski definition) is 5. The van der Waals surface area contributed by atoms with Crippen LogP contribution < -0.4 is 10.1 Å². The quantitative estimate of drug-likeness (QED) is 0.205. The summed E-state index contributed by atoms with van der Waals surface area (Å²) in [6.45, 7) is 2.20. The summed E-state index contributed by atoms with van der Waals surface area (Å²) in [7, 11) is 0. The number of para-hydroxylation sites is 1. The van der Waals surface area contributed by atoms with Gasteiger partial charge in [-0.25, -0.2) is 9.59 Å². The van der Waals surface area contributed by atoms with Gasteiger partial charge in [0, 0.05) is 24.7 Å². The minimum absolute atomic E-state index is 0.0284. The molecular weight excluding hydrogens is 699 g/mol. The molecule has 1 atom stereocenters. The van der Waals surface area contributed by atoms with Crippen LogP contribution in [0.5, 0.6) is 5.75 Å². The van der Waals surface area contributed by atoms with Crippen molar-refractivity contribution < 1.29 is 79.1 Å². The Hall–Kier alpha value is -3.81. The summed E-state index contributed by atoms with van der Waals surface area (Å²) in [6.07, 6.45) is -14.0. The number of aliphatic carboxylic acids is 3. The zero-order valence-electron chi connectivity index (χ0n) is 24.5. The van der Waals surface area contributed by atoms with Crippen LogP contribution in [0.1, 0.15) is 29.5 Å². The number of nitrogens with zero attached hydrogens (tertiary/aromatic N) is 1. The molecule has 0 amide bonds. The van der Waals surface area contributed by atoms with E-state index >= 15 is 0 Å². The lowest BCUT2D eigenvalue weighted by Crippen LogP contribution is -2.45. The first-order valence-corrected chi connectivity index (χ1v) is 13.9. The highest BCUT2D eigenvalue weighted by Gasteiger charge is 2.39. The van der Waals surface area contributed by atoms with Crippen LogP contribution in [0, 0.1) is 0 Å². The predicted octanol–water partition coefficient (Wildman–Crippen LogP) is 5.25. The summed E-state index contributed by atoms with van der Waals surface area (Å²) >= 11 is 5.69. The number of carboxylic acid groups (broad SMARTS) is 3. The molecule has 0 spiro atoms. The molecule has 0 aliphatic carbocycles. The van der Waals surface area contributed by atoms with Crippen molar-refractivity contribution in [2.24, 2.45) is 0 Å². The standard InChI is InChI=1S/C24H28ClF3N2O4.2C2HF3O2/c25-21-6-5-16(11-20(21)24(26,27)28)14-30-9-7-18(8-10-30)29-13-19(31)15-34-22-4-2-1-3-17(22)12-23(32)33;2*3-2(4,5)1(6)7/h1-6,11,18-19,29,31H,7-10,12-15H2,(H,32,33);2*(H,6,7)/t19-;;/m0../s1. The van der Waals surface area contributed by atoms with E-state index in [0.29, 0.717) is 30.0 Å². The lowest BCUT2D eigenvalue weighted by atomic mass is 10.0. The Labute approximate surface area is 271 Å². The number of carboxylic acids is 3. The van der Waals surface area contributed by atoms with Crippen molar-refractivity contribution in [1.82, 2.24) is 10.2 Å². The molecule has 1 fully saturated rings. The molecule has 0 unspecified atom stereocenters. The molecule has 48 heavy (non-hydrogen) atoms. The average molecular weight is 729 g/mol. The third-order valence-corrected chi connectivity index (χ3v) is 6.53. The smallest absolute Gasteiger partial charge is 0.490 e. The van der Waals surface area contributed by atoms with Crippen LogP contribution in [0.25, 0.3) is 0 Å². The SMILES string of the molecule is O=C(O)C(F)(F)F.O=C(O)C(F)(F)F.O=C(O)Cc1ccccc1OC[C@@H](O)CNC1CCN(Cc2ccc(Cl)c(C(F)(F)F)c2)CC1. The van der Waals surface area contributed by atoms with Gasteiger partial charge in [0.15, 0.2) is 0 Å². The highest BCUT2D eigenvalue weighted by Crippen LogP contribution is 2.35. The summed E-state index contributed by atoms with van der Waals surface area (Å²) in [4.78, 5) is 30.9. The van der Waals surface area contributed by atoms with E-state index < -0.39 is 48.1 Å². The van der Waals surface area contributed by atoms with Gasteiger partial charge in [-0.2, -0.15) is 39.5 Å². The van der Waals surface area contributed by atoms with Crippen molar-refractivity contribution >= 4 is 29.5 Å². The number of carbonyl (C=O) groups is 3. The van der Waals surface area contributed by atoms with E-state index in [1.165, 1.54) is 6.07 Å². The molecule has 20 heteroatoms. The van der Waals surface area contributed by atoms with E-state index in [2.05, 4.69) is 10.2 Å². The average Bonchev–Trinajstić information content (AvgIpc) is 2.96. The van der Waals surface area contributed by atoms with Crippen LogP contribution in [0.15, 0.2) is 42.5 Å². The molecule has 1 aliphatic rings. The van der Waals surface area contributed by atoms with Gasteiger partial charge in [0.1, 0.15) is 18.5 Å². The first-order valence-electron chi connectivity index (χ1n) is 13.5. The second-order valence-electron chi connectivity index (χ2n) is 10.0. The van der Waals surface area contributed by atoms with Crippen LogP contribution >= 0.6 is 11.6 Å². The Morgan fingerprint density at radius 1 is 0.896 bits per heavy atom. The van der Waals surface area contributed by atoms with Crippen molar-refractivity contribution in [1.29, 1.82) is 0 Å². The Morgan fingerprint density at radius 3 is 1.90 bits per heavy atom. The molecule has 1 saturated heterocycles. The van der Waals surface area contributed by atoms with E-state index in [-0.39, 0.29) is 24.1 Å². The van der Waals surface area contributed by atoms with Gasteiger partial charge in [0.2, 0.25) is 0 Å². The molecule has 0 radical (unpaired) electrons. The van der Waals surface area contributed by atoms with Crippen molar-refractivity contribution in [3.63, 3.8) is 0 Å². The van der Waals surface area contributed by atoms with Crippen LogP contribution in [0.3, 0.4) is 0 Å². The summed E-state index contributed by atoms with van der Waals surface area (Å²) < 4.78 is 108. The Balaban J connectivity index is 0.000000687. The summed E-state index contributed by atoms with van der Waals surface area (Å²) in [5.74, 6) is -6.03. The third kappa shape index (κ3) is 16.3. The predicted molar refractivity (Wildman–Crippen MR) is 149 cm³/mol. The molecule has 5 N–H and O–H groups in total. The van der Waals surface area contributed by atoms with E-state index in [0.717, 1.165) is 32.0 Å². The minimum atomic E-state index is -5.08. The zero-order valence-corrected chi connectivity index (χ0v) is 25.3. The minimum Gasteiger partial charge on any atom is -0.491 e. The fourth-order valence-electron chi connectivity index (χ4n) is 3.94. The van der Waals surface area contributed by atoms with Crippen molar-refractivity contribution in [2.45, 2.75) is 56.5 Å². The fraction of sp³-hybridized carbons (Fsp3) is 0.464. The molecule has 2 aromatic rings. The lowest BCUT2D eigenvalue weighted by molar-refractivity contribution is -0.193. The Bertz CT molecular complexity index is 1330. The lowest BCUT2D eigenvalue weighted by Gasteiger charge is -2.33. The maximum Gasteiger partial charge on any atom is 0.490 e. The fourth-order valence-corrected chi connectivity index (χ4v) is 4.17. The molecule has 3 rings (SSSR count). The maximum atomic E-state index is 13.1. The second kappa shape index (κ2) is 18.7. The van der Waals surface area contributed by atoms with Crippen molar-refractivity contribution in [3.05, 3.63) is 64.2 Å². The molecule has 2 aromatic carbocycles. The number of aliphatic hydroxyl groups excluding tert-OH is 1. The number of piperidine rings is 1. The van der Waals surface area contributed by atoms with E-state index in [4.69, 9.17) is 41.2 Å². The normalized spacial score (nSPS) is 14.9. The first kappa shape index (κ1) is 42.2. The van der Waals surface area contributed by atoms with E-state index in [1.54, 1.807) is 30.3 Å². The summed E-state index contributed by atoms with van der Waals surface area (Å²) in [5, 5.41) is 36.5. The zero-order chi connectivity index (χ0) is 36.9. The Kier molecular flexibility index (Phi) is 16.4. The van der Waals surface area contributed by atoms with Crippen LogP contribution in [-0.2, 0) is 33.5 Å². The number of benzene rings is 2. The van der Waals surface area contributed by atoms with Gasteiger partial charge >= 0.3 is 36.4 Å². The number of hydrogen-bond acceptors (Lipinski definition) is 7. The number of halogens is 10. The third-order valence-electron chi connectivity index (χ3n) is 6.20. The van der Waals surface area contributed by atoms with Gasteiger partial charge < -0.3 is 30.5 Å². The van der Waals surface area contributed by atoms with Crippen LogP contribution in [0.4, 0.5) is 39.5 Å². The molecule has 270 valence electrons. The van der Waals surface area contributed by atoms with Gasteiger partial charge in [0.25, 0.3) is 0 Å². The van der Waals surface area contributed by atoms with E-state index in [9.17, 15) is 49.4 Å². The van der Waals surface area contributed by atoms with Gasteiger partial charge in [-0.1, -0.05) is 35.9 Å². The van der Waals surface area contributed by atoms with E-state index in [1.807, 2.05) is 0 Å². The molecule has 1 aliphatic heterocycles. The highest BCUT2D eigenvalue weighted by molar-refractivity contribution is 6.31. The molecular formula is C28H30ClF9N2O8. The van der Waals surface area contributed by atoms with Crippen LogP contribution in [-0.4, -0.2) is 94.0 Å². The van der Waals surface area contributed by atoms with Gasteiger partial charge in [-0.15, -0.1) is 0 Å². The van der Waals surface area contributed by atoms with Gasteiger partial charge in [-0.3, -0.25) is 9.69 Å². The molecule has 10 nitrogen and oxygen atoms in total. The van der Waals surface area contributed by atoms with Gasteiger partial charge in [-0.05, 0) is 49.7 Å². The topological polar surface area (TPSA) is 157 Å². The Morgan fingerprint density at radius 2 is 1.42 bits per heavy atom. The number of aliphatic hydroxyl groups is 1. The number of nitrogens with one attached hydrogen (secondary N) is 1. The first-order chi connectivity index (χ1) is 22.0. The number of ether oxygens (including phenoxy) is 1. The largest absolute Gasteiger partial charge is 0.491 e. The summed E-state index contributed by atoms with van der Waals surface area (Å²) in [6, 6.07) is 11.0. The number of alkyl halides is 9. The van der Waals surface area contributed by atoms with Gasteiger partial charge in [0.05, 0.1) is 17.0 Å². The molecule has 0 aromatic heterocycles. The molecule has 0 bridgehead atoms. The maximum absolute atomic E-state index is 13.1. The summed E-state index contributed by atoms with van der Waals surface area (Å²) in [5.41, 5.74) is 0.300. The van der Waals surface area contributed by atoms with Crippen LogP contribution in [0.2, 0.25) is 5.02 Å². The molecule has 1 heterocycles. The molecule has 0 saturated carbocycles. The number of rotatable bonds is 10. The monoisotopic (exact) mass is 728 g/mol. The van der Waals surface area contributed by atoms with Crippen molar-refractivity contribution in [2.75, 3.05) is 26.2 Å². The van der Waals surface area contributed by atoms with Crippen molar-refractivity contribution in [3.8, 4) is 5.75 Å².